The highest BCUT2D eigenvalue weighted by Crippen LogP contribution is 2.23. The average Bonchev–Trinajstić information content (AvgIpc) is 2.38. The molecule has 0 aromatic heterocycles. The van der Waals surface area contributed by atoms with Crippen LogP contribution < -0.4 is 5.32 Å². The Morgan fingerprint density at radius 2 is 2.00 bits per heavy atom. The molecule has 0 saturated carbocycles. The number of hydrogen-bond acceptors (Lipinski definition) is 1. The van der Waals surface area contributed by atoms with Gasteiger partial charge in [-0.1, -0.05) is 41.4 Å². The average molecular weight is 369 g/mol. The van der Waals surface area contributed by atoms with Gasteiger partial charge in [-0.25, -0.2) is 8.78 Å². The second-order valence-electron chi connectivity index (χ2n) is 5.39. The van der Waals surface area contributed by atoms with Gasteiger partial charge in [0.2, 0.25) is 0 Å². The van der Waals surface area contributed by atoms with Gasteiger partial charge in [0, 0.05) is 11.9 Å². The van der Waals surface area contributed by atoms with E-state index in [1.54, 1.807) is 0 Å². The van der Waals surface area contributed by atoms with E-state index in [0.29, 0.717) is 6.54 Å². The first-order valence-electron chi connectivity index (χ1n) is 6.25. The fourth-order valence-corrected chi connectivity index (χ4v) is 2.18. The molecule has 6 heteroatoms. The predicted octanol–water partition coefficient (Wildman–Crippen LogP) is 4.55. The van der Waals surface area contributed by atoms with Gasteiger partial charge in [-0.3, -0.25) is 4.79 Å². The van der Waals surface area contributed by atoms with E-state index in [9.17, 15) is 13.6 Å². The van der Waals surface area contributed by atoms with Crippen molar-refractivity contribution in [3.63, 3.8) is 0 Å². The maximum atomic E-state index is 13.6. The minimum absolute atomic E-state index is 0.106. The summed E-state index contributed by atoms with van der Waals surface area (Å²) in [6.07, 6.45) is 1.89. The van der Waals surface area contributed by atoms with Crippen LogP contribution in [0.25, 0.3) is 0 Å². The van der Waals surface area contributed by atoms with Crippen LogP contribution in [0.1, 0.15) is 37.0 Å². The van der Waals surface area contributed by atoms with Crippen LogP contribution in [0.15, 0.2) is 12.1 Å². The molecule has 0 aliphatic rings. The second kappa shape index (κ2) is 7.36. The Balaban J connectivity index is 2.70. The van der Waals surface area contributed by atoms with E-state index in [0.717, 1.165) is 30.3 Å². The highest BCUT2D eigenvalue weighted by Gasteiger charge is 2.21. The number of hydrogen-bond donors (Lipinski definition) is 1. The maximum Gasteiger partial charge on any atom is 0.254 e. The first-order chi connectivity index (χ1) is 9.26. The number of amides is 1. The van der Waals surface area contributed by atoms with Crippen molar-refractivity contribution in [2.45, 2.75) is 26.7 Å². The lowest BCUT2D eigenvalue weighted by Gasteiger charge is -2.24. The monoisotopic (exact) mass is 367 g/mol. The van der Waals surface area contributed by atoms with Crippen LogP contribution in [0.3, 0.4) is 0 Å². The molecule has 0 heterocycles. The molecule has 1 rings (SSSR count). The third-order valence-corrected chi connectivity index (χ3v) is 3.82. The van der Waals surface area contributed by atoms with Crippen molar-refractivity contribution in [3.8, 4) is 0 Å². The molecule has 0 saturated heterocycles. The quantitative estimate of drug-likeness (QED) is 0.579. The summed E-state index contributed by atoms with van der Waals surface area (Å²) in [6.45, 7) is 4.41. The molecule has 0 spiro atoms. The molecule has 2 nitrogen and oxygen atoms in total. The van der Waals surface area contributed by atoms with Crippen molar-refractivity contribution in [1.82, 2.24) is 5.32 Å². The van der Waals surface area contributed by atoms with Crippen molar-refractivity contribution in [2.75, 3.05) is 11.9 Å². The van der Waals surface area contributed by atoms with Gasteiger partial charge in [0.05, 0.1) is 10.6 Å². The molecule has 112 valence electrons. The summed E-state index contributed by atoms with van der Waals surface area (Å²) in [4.78, 5) is 11.9. The number of nitrogens with one attached hydrogen (secondary N) is 1. The predicted molar refractivity (Wildman–Crippen MR) is 80.5 cm³/mol. The van der Waals surface area contributed by atoms with Crippen LogP contribution in [0, 0.1) is 17.0 Å². The van der Waals surface area contributed by atoms with Crippen LogP contribution in [-0.2, 0) is 0 Å². The van der Waals surface area contributed by atoms with Crippen molar-refractivity contribution in [3.05, 3.63) is 34.4 Å². The summed E-state index contributed by atoms with van der Waals surface area (Å²) in [7, 11) is 0. The fraction of sp³-hybridized carbons (Fsp3) is 0.500. The summed E-state index contributed by atoms with van der Waals surface area (Å²) in [5.41, 5.74) is -0.437. The zero-order valence-corrected chi connectivity index (χ0v) is 13.7. The number of carbonyl (C=O) groups excluding carboxylic acids is 1. The van der Waals surface area contributed by atoms with Crippen molar-refractivity contribution in [1.29, 1.82) is 0 Å². The Bertz CT molecular complexity index is 494. The largest absolute Gasteiger partial charge is 0.351 e. The molecule has 1 aromatic carbocycles. The van der Waals surface area contributed by atoms with Gasteiger partial charge < -0.3 is 5.32 Å². The molecule has 0 aliphatic carbocycles. The smallest absolute Gasteiger partial charge is 0.254 e. The third kappa shape index (κ3) is 5.02. The molecule has 0 aliphatic heterocycles. The van der Waals surface area contributed by atoms with Crippen LogP contribution in [0.4, 0.5) is 8.78 Å². The summed E-state index contributed by atoms with van der Waals surface area (Å²) in [5.74, 6) is -2.27. The first kappa shape index (κ1) is 17.4. The molecule has 0 atom stereocenters. The van der Waals surface area contributed by atoms with Gasteiger partial charge in [-0.2, -0.15) is 0 Å². The van der Waals surface area contributed by atoms with Crippen LogP contribution >= 0.6 is 27.5 Å². The molecular weight excluding hydrogens is 352 g/mol. The van der Waals surface area contributed by atoms with E-state index < -0.39 is 17.5 Å². The zero-order chi connectivity index (χ0) is 15.3. The molecule has 0 unspecified atom stereocenters. The van der Waals surface area contributed by atoms with Crippen LogP contribution in [-0.4, -0.2) is 17.8 Å². The number of alkyl halides is 1. The Labute approximate surface area is 131 Å². The Kier molecular flexibility index (Phi) is 6.40. The minimum Gasteiger partial charge on any atom is -0.351 e. The summed E-state index contributed by atoms with van der Waals surface area (Å²) >= 11 is 8.80. The van der Waals surface area contributed by atoms with Gasteiger partial charge in [0.15, 0.2) is 0 Å². The summed E-state index contributed by atoms with van der Waals surface area (Å²) in [5, 5.41) is 3.19. The number of benzene rings is 1. The third-order valence-electron chi connectivity index (χ3n) is 2.97. The first-order valence-corrected chi connectivity index (χ1v) is 7.75. The van der Waals surface area contributed by atoms with E-state index in [1.807, 2.05) is 13.8 Å². The Morgan fingerprint density at radius 3 is 2.60 bits per heavy atom. The Hall–Kier alpha value is -0.680. The standard InChI is InChI=1S/C14H17BrClF2NO/c1-14(2,4-3-5-15)8-19-13(20)9-6-12(18)10(16)7-11(9)17/h6-7H,3-5,8H2,1-2H3,(H,19,20). The van der Waals surface area contributed by atoms with Gasteiger partial charge in [0.1, 0.15) is 11.6 Å². The van der Waals surface area contributed by atoms with Crippen LogP contribution in [0.5, 0.6) is 0 Å². The molecule has 1 amide bonds. The minimum atomic E-state index is -0.827. The summed E-state index contributed by atoms with van der Waals surface area (Å²) < 4.78 is 26.9. The lowest BCUT2D eigenvalue weighted by atomic mass is 9.88. The molecular formula is C14H17BrClF2NO. The van der Waals surface area contributed by atoms with Gasteiger partial charge in [-0.15, -0.1) is 0 Å². The number of rotatable bonds is 6. The number of halogens is 4. The molecule has 20 heavy (non-hydrogen) atoms. The maximum absolute atomic E-state index is 13.6. The van der Waals surface area contributed by atoms with E-state index in [1.165, 1.54) is 0 Å². The normalized spacial score (nSPS) is 11.5. The fourth-order valence-electron chi connectivity index (χ4n) is 1.75. The van der Waals surface area contributed by atoms with E-state index >= 15 is 0 Å². The van der Waals surface area contributed by atoms with Crippen molar-refractivity contribution >= 4 is 33.4 Å². The molecule has 1 aromatic rings. The molecule has 0 bridgehead atoms. The molecule has 0 fully saturated rings. The van der Waals surface area contributed by atoms with E-state index in [-0.39, 0.29) is 16.0 Å². The topological polar surface area (TPSA) is 29.1 Å². The van der Waals surface area contributed by atoms with Crippen molar-refractivity contribution in [2.24, 2.45) is 5.41 Å². The second-order valence-corrected chi connectivity index (χ2v) is 6.59. The van der Waals surface area contributed by atoms with Crippen molar-refractivity contribution < 1.29 is 13.6 Å². The molecule has 1 N–H and O–H groups in total. The SMILES string of the molecule is CC(C)(CCCBr)CNC(=O)c1cc(F)c(Cl)cc1F. The lowest BCUT2D eigenvalue weighted by Crippen LogP contribution is -2.34. The highest BCUT2D eigenvalue weighted by molar-refractivity contribution is 9.09. The van der Waals surface area contributed by atoms with E-state index in [2.05, 4.69) is 21.2 Å². The summed E-state index contributed by atoms with van der Waals surface area (Å²) in [6, 6.07) is 1.63. The lowest BCUT2D eigenvalue weighted by molar-refractivity contribution is 0.0930. The van der Waals surface area contributed by atoms with Gasteiger partial charge in [-0.05, 0) is 30.4 Å². The number of carbonyl (C=O) groups is 1. The van der Waals surface area contributed by atoms with E-state index in [4.69, 9.17) is 11.6 Å². The van der Waals surface area contributed by atoms with Gasteiger partial charge >= 0.3 is 0 Å². The molecule has 0 radical (unpaired) electrons. The zero-order valence-electron chi connectivity index (χ0n) is 11.4. The van der Waals surface area contributed by atoms with Crippen LogP contribution in [0.2, 0.25) is 5.02 Å². The highest BCUT2D eigenvalue weighted by atomic mass is 79.9. The van der Waals surface area contributed by atoms with Gasteiger partial charge in [0.25, 0.3) is 5.91 Å². The Morgan fingerprint density at radius 1 is 1.35 bits per heavy atom.